The minimum atomic E-state index is -0.0400. The first kappa shape index (κ1) is 22.8. The minimum Gasteiger partial charge on any atom is -0.388 e. The molecule has 0 amide bonds. The van der Waals surface area contributed by atoms with E-state index in [1.807, 2.05) is 7.05 Å². The second-order valence-electron chi connectivity index (χ2n) is 9.56. The maximum Gasteiger partial charge on any atom is 0.108 e. The Balaban J connectivity index is 1.62. The highest BCUT2D eigenvalue weighted by Gasteiger charge is 2.50. The van der Waals surface area contributed by atoms with Crippen LogP contribution in [0.1, 0.15) is 68.1 Å². The Morgan fingerprint density at radius 3 is 2.66 bits per heavy atom. The molecule has 0 unspecified atom stereocenters. The number of hydrogen-bond donors (Lipinski definition) is 4. The summed E-state index contributed by atoms with van der Waals surface area (Å²) < 4.78 is 0. The van der Waals surface area contributed by atoms with Crippen LogP contribution in [0, 0.1) is 5.41 Å². The summed E-state index contributed by atoms with van der Waals surface area (Å²) in [5.41, 5.74) is 12.3. The van der Waals surface area contributed by atoms with Gasteiger partial charge in [-0.1, -0.05) is 44.2 Å². The molecule has 0 bridgehead atoms. The SMILES string of the molecule is CNc1cccc2c1[C@H](C)C[C@]1(C)C(=NCCCNCCCCN)Nc3ccccc3[C@H]21. The topological polar surface area (TPSA) is 74.5 Å². The summed E-state index contributed by atoms with van der Waals surface area (Å²) in [6.45, 7) is 8.44. The third-order valence-electron chi connectivity index (χ3n) is 7.24. The van der Waals surface area contributed by atoms with Gasteiger partial charge >= 0.3 is 0 Å². The average Bonchev–Trinajstić information content (AvgIpc) is 2.80. The van der Waals surface area contributed by atoms with Gasteiger partial charge < -0.3 is 21.7 Å². The molecular formula is C27H39N5. The lowest BCUT2D eigenvalue weighted by Crippen LogP contribution is -2.47. The third-order valence-corrected chi connectivity index (χ3v) is 7.24. The van der Waals surface area contributed by atoms with Gasteiger partial charge in [0.15, 0.2) is 0 Å². The summed E-state index contributed by atoms with van der Waals surface area (Å²) in [6.07, 6.45) is 4.37. The first-order valence-corrected chi connectivity index (χ1v) is 12.2. The molecule has 172 valence electrons. The van der Waals surface area contributed by atoms with Crippen LogP contribution in [0.4, 0.5) is 11.4 Å². The molecule has 5 heteroatoms. The second kappa shape index (κ2) is 10.1. The van der Waals surface area contributed by atoms with E-state index < -0.39 is 0 Å². The Morgan fingerprint density at radius 1 is 1.06 bits per heavy atom. The van der Waals surface area contributed by atoms with E-state index in [2.05, 4.69) is 72.3 Å². The fourth-order valence-corrected chi connectivity index (χ4v) is 5.81. The molecule has 1 heterocycles. The van der Waals surface area contributed by atoms with Crippen LogP contribution in [0.3, 0.4) is 0 Å². The van der Waals surface area contributed by atoms with Crippen molar-refractivity contribution in [2.45, 2.75) is 51.4 Å². The average molecular weight is 434 g/mol. The number of para-hydroxylation sites is 1. The fourth-order valence-electron chi connectivity index (χ4n) is 5.81. The maximum atomic E-state index is 5.57. The molecule has 1 aliphatic heterocycles. The highest BCUT2D eigenvalue weighted by molar-refractivity contribution is 6.04. The molecule has 1 aliphatic carbocycles. The normalized spacial score (nSPS) is 24.9. The molecule has 2 aromatic rings. The van der Waals surface area contributed by atoms with Crippen molar-refractivity contribution in [3.63, 3.8) is 0 Å². The number of unbranched alkanes of at least 4 members (excludes halogenated alkanes) is 1. The molecule has 0 aromatic heterocycles. The summed E-state index contributed by atoms with van der Waals surface area (Å²) in [5, 5.41) is 10.7. The molecule has 5 nitrogen and oxygen atoms in total. The first-order chi connectivity index (χ1) is 15.6. The summed E-state index contributed by atoms with van der Waals surface area (Å²) in [6, 6.07) is 15.5. The highest BCUT2D eigenvalue weighted by atomic mass is 15.0. The van der Waals surface area contributed by atoms with Crippen LogP contribution < -0.4 is 21.7 Å². The number of hydrogen-bond acceptors (Lipinski definition) is 4. The fraction of sp³-hybridized carbons (Fsp3) is 0.519. The van der Waals surface area contributed by atoms with Gasteiger partial charge in [-0.05, 0) is 80.1 Å². The standard InChI is InChI=1S/C27H39N5/c1-19-18-27(2)25(21-11-8-13-23(29-3)24(19)21)20-10-4-5-12-22(20)32-26(27)31-17-9-16-30-15-7-6-14-28/h4-5,8,10-13,19,25,29-30H,6-7,9,14-18,28H2,1-3H3,(H,31,32)/t19-,25-,27+/m1/s1. The zero-order valence-electron chi connectivity index (χ0n) is 19.9. The monoisotopic (exact) mass is 433 g/mol. The molecular weight excluding hydrogens is 394 g/mol. The molecule has 0 saturated heterocycles. The molecule has 0 fully saturated rings. The number of anilines is 2. The van der Waals surface area contributed by atoms with Crippen molar-refractivity contribution in [1.82, 2.24) is 5.32 Å². The predicted molar refractivity (Wildman–Crippen MR) is 137 cm³/mol. The van der Waals surface area contributed by atoms with Gasteiger partial charge in [-0.15, -0.1) is 0 Å². The van der Waals surface area contributed by atoms with Crippen molar-refractivity contribution >= 4 is 17.2 Å². The molecule has 5 N–H and O–H groups in total. The molecule has 2 aliphatic rings. The number of nitrogens with zero attached hydrogens (tertiary/aromatic N) is 1. The van der Waals surface area contributed by atoms with Crippen molar-refractivity contribution in [1.29, 1.82) is 0 Å². The summed E-state index contributed by atoms with van der Waals surface area (Å²) >= 11 is 0. The quantitative estimate of drug-likeness (QED) is 0.424. The first-order valence-electron chi connectivity index (χ1n) is 12.2. The van der Waals surface area contributed by atoms with Gasteiger partial charge in [0.2, 0.25) is 0 Å². The van der Waals surface area contributed by atoms with Crippen molar-refractivity contribution in [2.24, 2.45) is 16.1 Å². The van der Waals surface area contributed by atoms with Crippen molar-refractivity contribution in [3.05, 3.63) is 59.2 Å². The number of benzene rings is 2. The number of fused-ring (bicyclic) bond motifs is 5. The lowest BCUT2D eigenvalue weighted by molar-refractivity contribution is 0.319. The van der Waals surface area contributed by atoms with Crippen molar-refractivity contribution in [3.8, 4) is 0 Å². The summed E-state index contributed by atoms with van der Waals surface area (Å²) in [4.78, 5) is 5.15. The van der Waals surface area contributed by atoms with Crippen LogP contribution in [0.2, 0.25) is 0 Å². The molecule has 0 saturated carbocycles. The number of amidine groups is 1. The van der Waals surface area contributed by atoms with Crippen molar-refractivity contribution < 1.29 is 0 Å². The summed E-state index contributed by atoms with van der Waals surface area (Å²) in [7, 11) is 2.03. The zero-order chi connectivity index (χ0) is 22.6. The van der Waals surface area contributed by atoms with E-state index >= 15 is 0 Å². The van der Waals surface area contributed by atoms with Gasteiger partial charge in [0.05, 0.1) is 0 Å². The Labute approximate surface area is 193 Å². The van der Waals surface area contributed by atoms with E-state index in [1.165, 1.54) is 28.1 Å². The smallest absolute Gasteiger partial charge is 0.108 e. The van der Waals surface area contributed by atoms with E-state index in [0.29, 0.717) is 11.8 Å². The lowest BCUT2D eigenvalue weighted by atomic mass is 9.57. The van der Waals surface area contributed by atoms with E-state index in [1.54, 1.807) is 0 Å². The Kier molecular flexibility index (Phi) is 7.17. The van der Waals surface area contributed by atoms with Crippen molar-refractivity contribution in [2.75, 3.05) is 43.9 Å². The molecule has 0 spiro atoms. The molecule has 3 atom stereocenters. The molecule has 32 heavy (non-hydrogen) atoms. The van der Waals surface area contributed by atoms with E-state index in [4.69, 9.17) is 10.7 Å². The summed E-state index contributed by atoms with van der Waals surface area (Å²) in [5.74, 6) is 1.93. The predicted octanol–water partition coefficient (Wildman–Crippen LogP) is 4.92. The third kappa shape index (κ3) is 4.28. The van der Waals surface area contributed by atoms with Gasteiger partial charge in [0, 0.05) is 36.3 Å². The van der Waals surface area contributed by atoms with Gasteiger partial charge in [0.25, 0.3) is 0 Å². The number of nitrogens with one attached hydrogen (secondary N) is 3. The largest absolute Gasteiger partial charge is 0.388 e. The van der Waals surface area contributed by atoms with Gasteiger partial charge in [-0.25, -0.2) is 0 Å². The molecule has 4 rings (SSSR count). The second-order valence-corrected chi connectivity index (χ2v) is 9.56. The van der Waals surface area contributed by atoms with E-state index in [0.717, 1.165) is 57.7 Å². The van der Waals surface area contributed by atoms with Crippen LogP contribution in [0.25, 0.3) is 0 Å². The molecule has 0 radical (unpaired) electrons. The Morgan fingerprint density at radius 2 is 1.84 bits per heavy atom. The number of aliphatic imine (C=N–C) groups is 1. The van der Waals surface area contributed by atoms with Crippen LogP contribution in [-0.2, 0) is 0 Å². The highest BCUT2D eigenvalue weighted by Crippen LogP contribution is 2.58. The Hall–Kier alpha value is -2.37. The zero-order valence-corrected chi connectivity index (χ0v) is 19.9. The number of rotatable bonds is 9. The van der Waals surface area contributed by atoms with Gasteiger partial charge in [0.1, 0.15) is 5.84 Å². The molecule has 2 aromatic carbocycles. The van der Waals surface area contributed by atoms with E-state index in [9.17, 15) is 0 Å². The van der Waals surface area contributed by atoms with Crippen LogP contribution in [0.15, 0.2) is 47.5 Å². The maximum absolute atomic E-state index is 5.57. The lowest BCUT2D eigenvalue weighted by Gasteiger charge is -2.50. The van der Waals surface area contributed by atoms with Gasteiger partial charge in [-0.3, -0.25) is 4.99 Å². The Bertz CT molecular complexity index is 953. The van der Waals surface area contributed by atoms with Crippen LogP contribution in [-0.4, -0.2) is 39.1 Å². The number of nitrogens with two attached hydrogens (primary N) is 1. The van der Waals surface area contributed by atoms with Crippen LogP contribution >= 0.6 is 0 Å². The minimum absolute atomic E-state index is 0.0400. The van der Waals surface area contributed by atoms with E-state index in [-0.39, 0.29) is 5.41 Å². The van der Waals surface area contributed by atoms with Gasteiger partial charge in [-0.2, -0.15) is 0 Å². The van der Waals surface area contributed by atoms with Crippen LogP contribution in [0.5, 0.6) is 0 Å².